The zero-order chi connectivity index (χ0) is 14.7. The predicted molar refractivity (Wildman–Crippen MR) is 81.9 cm³/mol. The molecule has 0 unspecified atom stereocenters. The Hall–Kier alpha value is -1.03. The lowest BCUT2D eigenvalue weighted by Crippen LogP contribution is -2.38. The Bertz CT molecular complexity index is 504. The molecule has 2 rings (SSSR count). The quantitative estimate of drug-likeness (QED) is 0.867. The maximum absolute atomic E-state index is 12.0. The molecule has 0 bridgehead atoms. The first-order valence-corrected chi connectivity index (χ1v) is 7.27. The van der Waals surface area contributed by atoms with Gasteiger partial charge in [-0.05, 0) is 48.6 Å². The summed E-state index contributed by atoms with van der Waals surface area (Å²) in [6.45, 7) is 0.677. The molecule has 0 aromatic heterocycles. The molecule has 1 N–H and O–H groups in total. The number of benzene rings is 1. The zero-order valence-electron chi connectivity index (χ0n) is 11.2. The van der Waals surface area contributed by atoms with Crippen molar-refractivity contribution in [1.29, 1.82) is 0 Å². The SMILES string of the molecule is CN(CC1CC(O)C1)C(=O)C=Cc1cc(Cl)cc(Cl)c1. The Morgan fingerprint density at radius 3 is 2.50 bits per heavy atom. The van der Waals surface area contributed by atoms with E-state index in [1.54, 1.807) is 36.2 Å². The zero-order valence-corrected chi connectivity index (χ0v) is 12.7. The van der Waals surface area contributed by atoms with Gasteiger partial charge in [0.2, 0.25) is 5.91 Å². The normalized spacial score (nSPS) is 21.8. The molecule has 0 heterocycles. The average Bonchev–Trinajstić information content (AvgIpc) is 2.32. The minimum absolute atomic E-state index is 0.0671. The van der Waals surface area contributed by atoms with Crippen LogP contribution in [0.5, 0.6) is 0 Å². The van der Waals surface area contributed by atoms with E-state index in [0.717, 1.165) is 18.4 Å². The van der Waals surface area contributed by atoms with Gasteiger partial charge in [0.25, 0.3) is 0 Å². The Morgan fingerprint density at radius 1 is 1.35 bits per heavy atom. The number of aliphatic hydroxyl groups excluding tert-OH is 1. The Labute approximate surface area is 128 Å². The molecular formula is C15H17Cl2NO2. The van der Waals surface area contributed by atoms with E-state index in [2.05, 4.69) is 0 Å². The maximum Gasteiger partial charge on any atom is 0.246 e. The molecule has 1 saturated carbocycles. The molecule has 0 aliphatic heterocycles. The molecule has 1 aromatic rings. The number of hydrogen-bond acceptors (Lipinski definition) is 2. The van der Waals surface area contributed by atoms with Gasteiger partial charge in [0.1, 0.15) is 0 Å². The monoisotopic (exact) mass is 313 g/mol. The first-order chi connectivity index (χ1) is 9.44. The van der Waals surface area contributed by atoms with Gasteiger partial charge in [-0.3, -0.25) is 4.79 Å². The summed E-state index contributed by atoms with van der Waals surface area (Å²) in [6, 6.07) is 5.15. The van der Waals surface area contributed by atoms with E-state index in [-0.39, 0.29) is 12.0 Å². The summed E-state index contributed by atoms with van der Waals surface area (Å²) in [7, 11) is 1.77. The maximum atomic E-state index is 12.0. The largest absolute Gasteiger partial charge is 0.393 e. The second kappa shape index (κ2) is 6.61. The van der Waals surface area contributed by atoms with Crippen molar-refractivity contribution < 1.29 is 9.90 Å². The number of nitrogens with zero attached hydrogens (tertiary/aromatic N) is 1. The van der Waals surface area contributed by atoms with Crippen molar-refractivity contribution in [3.8, 4) is 0 Å². The van der Waals surface area contributed by atoms with Crippen molar-refractivity contribution in [3.05, 3.63) is 39.9 Å². The van der Waals surface area contributed by atoms with Gasteiger partial charge in [0.15, 0.2) is 0 Å². The number of likely N-dealkylation sites (N-methyl/N-ethyl adjacent to an activating group) is 1. The highest BCUT2D eigenvalue weighted by Crippen LogP contribution is 2.27. The van der Waals surface area contributed by atoms with Crippen molar-refractivity contribution in [2.75, 3.05) is 13.6 Å². The van der Waals surface area contributed by atoms with E-state index in [9.17, 15) is 9.90 Å². The van der Waals surface area contributed by atoms with Crippen molar-refractivity contribution in [1.82, 2.24) is 4.90 Å². The third-order valence-electron chi connectivity index (χ3n) is 3.42. The summed E-state index contributed by atoms with van der Waals surface area (Å²) in [6.07, 6.45) is 4.59. The van der Waals surface area contributed by atoms with E-state index in [1.165, 1.54) is 6.08 Å². The molecule has 20 heavy (non-hydrogen) atoms. The third kappa shape index (κ3) is 4.23. The van der Waals surface area contributed by atoms with Crippen molar-refractivity contribution in [2.24, 2.45) is 5.92 Å². The first kappa shape index (κ1) is 15.4. The molecule has 0 saturated heterocycles. The minimum atomic E-state index is -0.187. The summed E-state index contributed by atoms with van der Waals surface area (Å²) >= 11 is 11.8. The van der Waals surface area contributed by atoms with Gasteiger partial charge in [0.05, 0.1) is 6.10 Å². The fourth-order valence-electron chi connectivity index (χ4n) is 2.29. The third-order valence-corrected chi connectivity index (χ3v) is 3.86. The van der Waals surface area contributed by atoms with Gasteiger partial charge in [0, 0.05) is 29.7 Å². The summed E-state index contributed by atoms with van der Waals surface area (Å²) in [5, 5.41) is 10.3. The van der Waals surface area contributed by atoms with Crippen LogP contribution in [0.2, 0.25) is 10.0 Å². The van der Waals surface area contributed by atoms with E-state index in [4.69, 9.17) is 23.2 Å². The van der Waals surface area contributed by atoms with Gasteiger partial charge in [-0.25, -0.2) is 0 Å². The first-order valence-electron chi connectivity index (χ1n) is 6.51. The summed E-state index contributed by atoms with van der Waals surface area (Å²) in [4.78, 5) is 13.6. The smallest absolute Gasteiger partial charge is 0.246 e. The van der Waals surface area contributed by atoms with Crippen LogP contribution in [0.1, 0.15) is 18.4 Å². The Morgan fingerprint density at radius 2 is 1.95 bits per heavy atom. The molecule has 1 amide bonds. The van der Waals surface area contributed by atoms with E-state index in [1.807, 2.05) is 0 Å². The summed E-state index contributed by atoms with van der Waals surface area (Å²) in [5.41, 5.74) is 0.795. The molecule has 1 aromatic carbocycles. The lowest BCUT2D eigenvalue weighted by Gasteiger charge is -2.34. The van der Waals surface area contributed by atoms with Crippen LogP contribution in [0.4, 0.5) is 0 Å². The highest BCUT2D eigenvalue weighted by atomic mass is 35.5. The lowest BCUT2D eigenvalue weighted by molar-refractivity contribution is -0.126. The Kier molecular flexibility index (Phi) is 5.08. The van der Waals surface area contributed by atoms with Crippen molar-refractivity contribution in [2.45, 2.75) is 18.9 Å². The number of amides is 1. The highest BCUT2D eigenvalue weighted by Gasteiger charge is 2.28. The molecule has 1 fully saturated rings. The molecular weight excluding hydrogens is 297 g/mol. The van der Waals surface area contributed by atoms with Crippen LogP contribution < -0.4 is 0 Å². The van der Waals surface area contributed by atoms with Crippen molar-refractivity contribution in [3.63, 3.8) is 0 Å². The molecule has 0 spiro atoms. The van der Waals surface area contributed by atoms with Gasteiger partial charge in [-0.2, -0.15) is 0 Å². The topological polar surface area (TPSA) is 40.5 Å². The fraction of sp³-hybridized carbons (Fsp3) is 0.400. The number of rotatable bonds is 4. The van der Waals surface area contributed by atoms with Gasteiger partial charge in [-0.15, -0.1) is 0 Å². The van der Waals surface area contributed by atoms with Crippen LogP contribution >= 0.6 is 23.2 Å². The minimum Gasteiger partial charge on any atom is -0.393 e. The van der Waals surface area contributed by atoms with E-state index < -0.39 is 0 Å². The number of carbonyl (C=O) groups is 1. The molecule has 5 heteroatoms. The lowest BCUT2D eigenvalue weighted by atomic mass is 9.82. The number of hydrogen-bond donors (Lipinski definition) is 1. The van der Waals surface area contributed by atoms with Crippen molar-refractivity contribution >= 4 is 35.2 Å². The van der Waals surface area contributed by atoms with Crippen LogP contribution in [-0.2, 0) is 4.79 Å². The second-order valence-electron chi connectivity index (χ2n) is 5.25. The fourth-order valence-corrected chi connectivity index (χ4v) is 2.84. The molecule has 1 aliphatic carbocycles. The number of halogens is 2. The second-order valence-corrected chi connectivity index (χ2v) is 6.12. The number of carbonyl (C=O) groups excluding carboxylic acids is 1. The van der Waals surface area contributed by atoms with Crippen LogP contribution in [-0.4, -0.2) is 35.6 Å². The van der Waals surface area contributed by atoms with E-state index >= 15 is 0 Å². The summed E-state index contributed by atoms with van der Waals surface area (Å²) < 4.78 is 0. The highest BCUT2D eigenvalue weighted by molar-refractivity contribution is 6.34. The Balaban J connectivity index is 1.91. The average molecular weight is 314 g/mol. The molecule has 1 aliphatic rings. The molecule has 0 radical (unpaired) electrons. The number of aliphatic hydroxyl groups is 1. The van der Waals surface area contributed by atoms with Gasteiger partial charge >= 0.3 is 0 Å². The van der Waals surface area contributed by atoms with Crippen LogP contribution in [0.15, 0.2) is 24.3 Å². The molecule has 108 valence electrons. The molecule has 3 nitrogen and oxygen atoms in total. The van der Waals surface area contributed by atoms with Crippen LogP contribution in [0.3, 0.4) is 0 Å². The molecule has 0 atom stereocenters. The standard InChI is InChI=1S/C15H17Cl2NO2/c1-18(9-11-6-14(19)7-11)15(20)3-2-10-4-12(16)8-13(17)5-10/h2-5,8,11,14,19H,6-7,9H2,1H3. The summed E-state index contributed by atoms with van der Waals surface area (Å²) in [5.74, 6) is 0.343. The van der Waals surface area contributed by atoms with Gasteiger partial charge < -0.3 is 10.0 Å². The predicted octanol–water partition coefficient (Wildman–Crippen LogP) is 3.24. The van der Waals surface area contributed by atoms with Gasteiger partial charge in [-0.1, -0.05) is 23.2 Å². The van der Waals surface area contributed by atoms with Crippen LogP contribution in [0, 0.1) is 5.92 Å². The van der Waals surface area contributed by atoms with Crippen LogP contribution in [0.25, 0.3) is 6.08 Å². The van der Waals surface area contributed by atoms with E-state index in [0.29, 0.717) is 22.5 Å².